The second kappa shape index (κ2) is 19.4. The molecule has 8 atom stereocenters. The van der Waals surface area contributed by atoms with Gasteiger partial charge >= 0.3 is 5.97 Å². The Labute approximate surface area is 293 Å². The molecule has 4 aliphatic rings. The van der Waals surface area contributed by atoms with E-state index in [4.69, 9.17) is 4.74 Å². The predicted molar refractivity (Wildman–Crippen MR) is 202 cm³/mol. The highest BCUT2D eigenvalue weighted by atomic mass is 16.5. The van der Waals surface area contributed by atoms with Crippen LogP contribution in [-0.2, 0) is 9.53 Å². The van der Waals surface area contributed by atoms with Crippen LogP contribution in [0, 0.1) is 46.3 Å². The lowest BCUT2D eigenvalue weighted by Gasteiger charge is -2.58. The van der Waals surface area contributed by atoms with Gasteiger partial charge in [-0.25, -0.2) is 0 Å². The number of hydrogen-bond donors (Lipinski definition) is 0. The fraction of sp³-hybridized carbons (Fsp3) is 0.889. The molecule has 0 amide bonds. The van der Waals surface area contributed by atoms with E-state index in [1.54, 1.807) is 5.57 Å². The van der Waals surface area contributed by atoms with Crippen LogP contribution in [0.3, 0.4) is 0 Å². The molecular weight excluding hydrogens is 572 g/mol. The molecule has 2 nitrogen and oxygen atoms in total. The van der Waals surface area contributed by atoms with Crippen LogP contribution in [0.4, 0.5) is 0 Å². The second-order valence-electron chi connectivity index (χ2n) is 18.0. The molecule has 0 aromatic rings. The molecule has 0 unspecified atom stereocenters. The van der Waals surface area contributed by atoms with Crippen molar-refractivity contribution in [2.75, 3.05) is 0 Å². The third-order valence-electron chi connectivity index (χ3n) is 14.2. The number of esters is 1. The van der Waals surface area contributed by atoms with Crippen molar-refractivity contribution in [1.82, 2.24) is 0 Å². The summed E-state index contributed by atoms with van der Waals surface area (Å²) in [7, 11) is 0. The van der Waals surface area contributed by atoms with Gasteiger partial charge in [-0.2, -0.15) is 0 Å². The van der Waals surface area contributed by atoms with Crippen LogP contribution in [0.25, 0.3) is 0 Å². The molecule has 0 aromatic heterocycles. The molecular formula is C45H78O2. The van der Waals surface area contributed by atoms with Crippen molar-refractivity contribution in [1.29, 1.82) is 0 Å². The molecule has 0 radical (unpaired) electrons. The van der Waals surface area contributed by atoms with Crippen molar-refractivity contribution in [3.8, 4) is 0 Å². The maximum Gasteiger partial charge on any atom is 0.306 e. The Kier molecular flexibility index (Phi) is 16.0. The average molecular weight is 651 g/mol. The lowest BCUT2D eigenvalue weighted by atomic mass is 9.47. The maximum atomic E-state index is 12.8. The molecule has 4 rings (SSSR count). The van der Waals surface area contributed by atoms with E-state index in [0.717, 1.165) is 61.2 Å². The lowest BCUT2D eigenvalue weighted by Crippen LogP contribution is -2.51. The first kappa shape index (κ1) is 38.7. The van der Waals surface area contributed by atoms with Crippen molar-refractivity contribution in [2.24, 2.45) is 46.3 Å². The second-order valence-corrected chi connectivity index (χ2v) is 18.0. The van der Waals surface area contributed by atoms with Gasteiger partial charge in [-0.1, -0.05) is 136 Å². The number of ether oxygens (including phenoxy) is 1. The maximum absolute atomic E-state index is 12.8. The van der Waals surface area contributed by atoms with E-state index in [0.29, 0.717) is 17.3 Å². The van der Waals surface area contributed by atoms with Gasteiger partial charge in [0, 0.05) is 12.8 Å². The summed E-state index contributed by atoms with van der Waals surface area (Å²) >= 11 is 0. The number of allylic oxidation sites excluding steroid dienone is 3. The van der Waals surface area contributed by atoms with Crippen LogP contribution >= 0.6 is 0 Å². The van der Waals surface area contributed by atoms with Gasteiger partial charge in [-0.3, -0.25) is 4.79 Å². The van der Waals surface area contributed by atoms with Crippen LogP contribution in [0.2, 0.25) is 0 Å². The number of carbonyl (C=O) groups is 1. The third kappa shape index (κ3) is 10.7. The van der Waals surface area contributed by atoms with Gasteiger partial charge < -0.3 is 4.74 Å². The Bertz CT molecular complexity index is 976. The quantitative estimate of drug-likeness (QED) is 0.0702. The number of rotatable bonds is 21. The summed E-state index contributed by atoms with van der Waals surface area (Å²) in [6, 6.07) is 0. The van der Waals surface area contributed by atoms with E-state index < -0.39 is 0 Å². The van der Waals surface area contributed by atoms with Crippen molar-refractivity contribution in [3.63, 3.8) is 0 Å². The summed E-state index contributed by atoms with van der Waals surface area (Å²) in [5.74, 6) is 5.31. The molecule has 0 heterocycles. The molecule has 47 heavy (non-hydrogen) atoms. The topological polar surface area (TPSA) is 26.3 Å². The van der Waals surface area contributed by atoms with Crippen LogP contribution in [0.5, 0.6) is 0 Å². The van der Waals surface area contributed by atoms with Crippen molar-refractivity contribution >= 4 is 5.97 Å². The summed E-state index contributed by atoms with van der Waals surface area (Å²) in [6.45, 7) is 14.9. The van der Waals surface area contributed by atoms with Gasteiger partial charge in [0.05, 0.1) is 0 Å². The minimum Gasteiger partial charge on any atom is -0.462 e. The number of fused-ring (bicyclic) bond motifs is 5. The van der Waals surface area contributed by atoms with Gasteiger partial charge in [0.1, 0.15) is 6.10 Å². The molecule has 0 spiro atoms. The predicted octanol–water partition coefficient (Wildman–Crippen LogP) is 14.0. The summed E-state index contributed by atoms with van der Waals surface area (Å²) < 4.78 is 6.12. The van der Waals surface area contributed by atoms with Crippen LogP contribution < -0.4 is 0 Å². The summed E-state index contributed by atoms with van der Waals surface area (Å²) in [5.41, 5.74) is 2.53. The molecule has 0 aromatic carbocycles. The highest BCUT2D eigenvalue weighted by molar-refractivity contribution is 5.69. The number of hydrogen-bond acceptors (Lipinski definition) is 2. The van der Waals surface area contributed by atoms with Gasteiger partial charge in [0.15, 0.2) is 0 Å². The minimum atomic E-state index is 0.0541. The lowest BCUT2D eigenvalue weighted by molar-refractivity contribution is -0.151. The molecule has 4 aliphatic carbocycles. The Morgan fingerprint density at radius 3 is 2.19 bits per heavy atom. The molecule has 3 saturated carbocycles. The number of unbranched alkanes of at least 4 members (excludes halogenated alkanes) is 11. The third-order valence-corrected chi connectivity index (χ3v) is 14.2. The van der Waals surface area contributed by atoms with E-state index >= 15 is 0 Å². The zero-order valence-electron chi connectivity index (χ0n) is 32.3. The zero-order chi connectivity index (χ0) is 33.7. The van der Waals surface area contributed by atoms with E-state index in [-0.39, 0.29) is 12.1 Å². The standard InChI is InChI=1S/C45H78O2/c1-7-8-9-10-11-12-13-14-15-16-17-18-19-20-21-25-43(46)47-38-30-32-44(5)37(34-38)26-27-39-41-29-28-40(36(4)24-22-23-35(2)3)45(41,6)33-31-42(39)44/h14-15,26,35-36,38-42H,7-13,16-25,27-34H2,1-6H3/b15-14-/t36-,38+,39+,40-,41+,42+,44-,45+/m1/s1. The summed E-state index contributed by atoms with van der Waals surface area (Å²) in [5, 5.41) is 0. The van der Waals surface area contributed by atoms with E-state index in [1.165, 1.54) is 128 Å². The Morgan fingerprint density at radius 2 is 1.49 bits per heavy atom. The van der Waals surface area contributed by atoms with Crippen molar-refractivity contribution in [3.05, 3.63) is 23.8 Å². The molecule has 3 fully saturated rings. The zero-order valence-corrected chi connectivity index (χ0v) is 32.3. The van der Waals surface area contributed by atoms with E-state index in [2.05, 4.69) is 59.8 Å². The van der Waals surface area contributed by atoms with Crippen molar-refractivity contribution in [2.45, 2.75) is 208 Å². The molecule has 270 valence electrons. The summed E-state index contributed by atoms with van der Waals surface area (Å²) in [6.07, 6.45) is 39.5. The first-order chi connectivity index (χ1) is 22.7. The van der Waals surface area contributed by atoms with E-state index in [9.17, 15) is 4.79 Å². The van der Waals surface area contributed by atoms with Gasteiger partial charge in [-0.05, 0) is 123 Å². The smallest absolute Gasteiger partial charge is 0.306 e. The SMILES string of the molecule is CCCCCCCC/C=C\CCCCCCCC(=O)O[C@H]1CC[C@]2(C)C(=CC[C@H]3[C@@H]4CC[C@H]([C@H](C)CCCC(C)C)[C@]4(C)CC[C@@H]32)C1. The fourth-order valence-electron chi connectivity index (χ4n) is 11.3. The molecule has 2 heteroatoms. The fourth-order valence-corrected chi connectivity index (χ4v) is 11.3. The molecule has 0 saturated heterocycles. The van der Waals surface area contributed by atoms with Crippen molar-refractivity contribution < 1.29 is 9.53 Å². The average Bonchev–Trinajstić information content (AvgIpc) is 3.40. The largest absolute Gasteiger partial charge is 0.462 e. The highest BCUT2D eigenvalue weighted by Crippen LogP contribution is 2.67. The van der Waals surface area contributed by atoms with Crippen LogP contribution in [0.1, 0.15) is 202 Å². The first-order valence-electron chi connectivity index (χ1n) is 21.2. The summed E-state index contributed by atoms with van der Waals surface area (Å²) in [4.78, 5) is 12.8. The van der Waals surface area contributed by atoms with Gasteiger partial charge in [-0.15, -0.1) is 0 Å². The Balaban J connectivity index is 1.12. The molecule has 0 N–H and O–H groups in total. The van der Waals surface area contributed by atoms with Crippen LogP contribution in [-0.4, -0.2) is 12.1 Å². The number of carbonyl (C=O) groups excluding carboxylic acids is 1. The van der Waals surface area contributed by atoms with Gasteiger partial charge in [0.25, 0.3) is 0 Å². The molecule has 0 bridgehead atoms. The molecule has 0 aliphatic heterocycles. The van der Waals surface area contributed by atoms with Crippen LogP contribution in [0.15, 0.2) is 23.8 Å². The van der Waals surface area contributed by atoms with Gasteiger partial charge in [0.2, 0.25) is 0 Å². The highest BCUT2D eigenvalue weighted by Gasteiger charge is 2.59. The van der Waals surface area contributed by atoms with E-state index in [1.807, 2.05) is 0 Å². The Morgan fingerprint density at radius 1 is 0.809 bits per heavy atom. The first-order valence-corrected chi connectivity index (χ1v) is 21.2. The minimum absolute atomic E-state index is 0.0541. The normalized spacial score (nSPS) is 32.6. The Hall–Kier alpha value is -1.05. The monoisotopic (exact) mass is 651 g/mol.